The Morgan fingerprint density at radius 2 is 2.00 bits per heavy atom. The zero-order valence-corrected chi connectivity index (χ0v) is 12.3. The predicted octanol–water partition coefficient (Wildman–Crippen LogP) is 1.26. The highest BCUT2D eigenvalue weighted by Gasteiger charge is 2.19. The third-order valence-corrected chi connectivity index (χ3v) is 3.34. The Morgan fingerprint density at radius 3 is 2.50 bits per heavy atom. The molecule has 1 atom stereocenters. The molecule has 0 radical (unpaired) electrons. The number of amides is 1. The van der Waals surface area contributed by atoms with Crippen LogP contribution in [0.25, 0.3) is 0 Å². The fourth-order valence-corrected chi connectivity index (χ4v) is 2.17. The Bertz CT molecular complexity index is 392. The number of carbonyl (C=O) groups is 1. The van der Waals surface area contributed by atoms with Crippen molar-refractivity contribution in [3.63, 3.8) is 0 Å². The van der Waals surface area contributed by atoms with Crippen LogP contribution in [0.5, 0.6) is 0 Å². The summed E-state index contributed by atoms with van der Waals surface area (Å²) in [6.45, 7) is 2.07. The monoisotopic (exact) mass is 272 g/mol. The first-order chi connectivity index (χ1) is 8.45. The van der Waals surface area contributed by atoms with Crippen molar-refractivity contribution in [1.82, 2.24) is 20.0 Å². The van der Waals surface area contributed by atoms with Gasteiger partial charge in [0.2, 0.25) is 11.8 Å². The average molecular weight is 272 g/mol. The van der Waals surface area contributed by atoms with Crippen LogP contribution < -0.4 is 0 Å². The van der Waals surface area contributed by atoms with Crippen LogP contribution in [0.4, 0.5) is 0 Å². The quantitative estimate of drug-likeness (QED) is 0.727. The van der Waals surface area contributed by atoms with Crippen LogP contribution in [-0.4, -0.2) is 59.8 Å². The summed E-state index contributed by atoms with van der Waals surface area (Å²) in [6.07, 6.45) is 0.899. The molecule has 1 aromatic heterocycles. The van der Waals surface area contributed by atoms with E-state index < -0.39 is 0 Å². The lowest BCUT2D eigenvalue weighted by atomic mass is 10.2. The van der Waals surface area contributed by atoms with E-state index in [9.17, 15) is 4.79 Å². The molecule has 0 fully saturated rings. The summed E-state index contributed by atoms with van der Waals surface area (Å²) < 4.78 is 5.56. The maximum atomic E-state index is 11.4. The second-order valence-electron chi connectivity index (χ2n) is 4.37. The lowest BCUT2D eigenvalue weighted by Crippen LogP contribution is -2.23. The lowest BCUT2D eigenvalue weighted by Gasteiger charge is -2.18. The Hall–Kier alpha value is -1.08. The minimum absolute atomic E-state index is 0.0272. The highest BCUT2D eigenvalue weighted by atomic mass is 32.2. The van der Waals surface area contributed by atoms with Crippen molar-refractivity contribution in [2.24, 2.45) is 0 Å². The second-order valence-corrected chi connectivity index (χ2v) is 5.30. The molecule has 1 amide bonds. The number of hydrogen-bond donors (Lipinski definition) is 0. The molecule has 102 valence electrons. The zero-order chi connectivity index (χ0) is 13.7. The summed E-state index contributed by atoms with van der Waals surface area (Å²) in [5.74, 6) is 0.939. The smallest absolute Gasteiger partial charge is 0.277 e. The van der Waals surface area contributed by atoms with Crippen LogP contribution in [0.15, 0.2) is 9.64 Å². The number of hydrogen-bond acceptors (Lipinski definition) is 6. The van der Waals surface area contributed by atoms with E-state index in [1.165, 1.54) is 11.8 Å². The molecule has 7 heteroatoms. The van der Waals surface area contributed by atoms with E-state index in [0.717, 1.165) is 6.42 Å². The van der Waals surface area contributed by atoms with Crippen LogP contribution in [0.2, 0.25) is 0 Å². The molecule has 0 aliphatic carbocycles. The fourth-order valence-electron chi connectivity index (χ4n) is 1.43. The van der Waals surface area contributed by atoms with Crippen LogP contribution in [0, 0.1) is 0 Å². The van der Waals surface area contributed by atoms with E-state index in [-0.39, 0.29) is 11.9 Å². The van der Waals surface area contributed by atoms with Crippen molar-refractivity contribution in [2.45, 2.75) is 24.6 Å². The molecule has 0 aliphatic heterocycles. The van der Waals surface area contributed by atoms with Gasteiger partial charge in [-0.1, -0.05) is 18.7 Å². The minimum Gasteiger partial charge on any atom is -0.414 e. The van der Waals surface area contributed by atoms with Gasteiger partial charge in [0, 0.05) is 14.1 Å². The number of aromatic nitrogens is 2. The molecule has 0 aromatic carbocycles. The minimum atomic E-state index is 0.0272. The molecule has 0 aliphatic rings. The van der Waals surface area contributed by atoms with E-state index >= 15 is 0 Å². The van der Waals surface area contributed by atoms with E-state index in [4.69, 9.17) is 4.42 Å². The first-order valence-electron chi connectivity index (χ1n) is 5.78. The summed E-state index contributed by atoms with van der Waals surface area (Å²) in [6, 6.07) is 0.122. The summed E-state index contributed by atoms with van der Waals surface area (Å²) in [5.41, 5.74) is 0. The van der Waals surface area contributed by atoms with Crippen LogP contribution in [0.3, 0.4) is 0 Å². The highest BCUT2D eigenvalue weighted by Crippen LogP contribution is 2.24. The molecule has 0 unspecified atom stereocenters. The summed E-state index contributed by atoms with van der Waals surface area (Å²) in [5, 5.41) is 8.42. The Kier molecular flexibility index (Phi) is 5.61. The first-order valence-corrected chi connectivity index (χ1v) is 6.77. The normalized spacial score (nSPS) is 12.8. The topological polar surface area (TPSA) is 62.5 Å². The van der Waals surface area contributed by atoms with Crippen molar-refractivity contribution >= 4 is 17.7 Å². The molecule has 0 saturated heterocycles. The van der Waals surface area contributed by atoms with Gasteiger partial charge in [-0.3, -0.25) is 9.69 Å². The zero-order valence-electron chi connectivity index (χ0n) is 11.5. The molecule has 1 heterocycles. The maximum absolute atomic E-state index is 11.4. The SMILES string of the molecule is CC[C@@H](c1nnc(SCC(=O)N(C)C)o1)N(C)C. The van der Waals surface area contributed by atoms with Crippen LogP contribution in [0.1, 0.15) is 25.3 Å². The van der Waals surface area contributed by atoms with E-state index in [1.807, 2.05) is 19.0 Å². The van der Waals surface area contributed by atoms with Crippen LogP contribution >= 0.6 is 11.8 Å². The van der Waals surface area contributed by atoms with Crippen molar-refractivity contribution in [3.8, 4) is 0 Å². The molecule has 0 bridgehead atoms. The second kappa shape index (κ2) is 6.75. The van der Waals surface area contributed by atoms with Crippen molar-refractivity contribution in [3.05, 3.63) is 5.89 Å². The molecule has 0 spiro atoms. The van der Waals surface area contributed by atoms with Gasteiger partial charge in [0.25, 0.3) is 5.22 Å². The van der Waals surface area contributed by atoms with E-state index in [2.05, 4.69) is 17.1 Å². The van der Waals surface area contributed by atoms with Gasteiger partial charge in [-0.15, -0.1) is 10.2 Å². The van der Waals surface area contributed by atoms with Gasteiger partial charge in [-0.2, -0.15) is 0 Å². The average Bonchev–Trinajstić information content (AvgIpc) is 2.74. The molecule has 6 nitrogen and oxygen atoms in total. The molecule has 18 heavy (non-hydrogen) atoms. The molecule has 0 N–H and O–H groups in total. The summed E-state index contributed by atoms with van der Waals surface area (Å²) >= 11 is 1.27. The van der Waals surface area contributed by atoms with Gasteiger partial charge < -0.3 is 9.32 Å². The van der Waals surface area contributed by atoms with Crippen molar-refractivity contribution < 1.29 is 9.21 Å². The molecule has 1 rings (SSSR count). The van der Waals surface area contributed by atoms with E-state index in [1.54, 1.807) is 19.0 Å². The third-order valence-electron chi connectivity index (χ3n) is 2.54. The number of rotatable bonds is 6. The fraction of sp³-hybridized carbons (Fsp3) is 0.727. The maximum Gasteiger partial charge on any atom is 0.277 e. The van der Waals surface area contributed by atoms with Crippen molar-refractivity contribution in [2.75, 3.05) is 33.9 Å². The Labute approximate surface area is 112 Å². The number of nitrogens with zero attached hydrogens (tertiary/aromatic N) is 4. The standard InChI is InChI=1S/C11H20N4O2S/c1-6-8(14(2)3)10-12-13-11(17-10)18-7-9(16)15(4)5/h8H,6-7H2,1-5H3/t8-/m0/s1. The number of thioether (sulfide) groups is 1. The lowest BCUT2D eigenvalue weighted by molar-refractivity contribution is -0.125. The van der Waals surface area contributed by atoms with Gasteiger partial charge in [0.15, 0.2) is 0 Å². The van der Waals surface area contributed by atoms with Gasteiger partial charge in [0.05, 0.1) is 11.8 Å². The molecule has 0 saturated carbocycles. The molecular weight excluding hydrogens is 252 g/mol. The predicted molar refractivity (Wildman–Crippen MR) is 70.4 cm³/mol. The largest absolute Gasteiger partial charge is 0.414 e. The van der Waals surface area contributed by atoms with Gasteiger partial charge in [0.1, 0.15) is 0 Å². The Morgan fingerprint density at radius 1 is 1.33 bits per heavy atom. The molecular formula is C11H20N4O2S. The van der Waals surface area contributed by atoms with Gasteiger partial charge in [-0.25, -0.2) is 0 Å². The van der Waals surface area contributed by atoms with Gasteiger partial charge in [-0.05, 0) is 20.5 Å². The third kappa shape index (κ3) is 3.99. The van der Waals surface area contributed by atoms with Gasteiger partial charge >= 0.3 is 0 Å². The first kappa shape index (κ1) is 15.0. The number of carbonyl (C=O) groups excluding carboxylic acids is 1. The van der Waals surface area contributed by atoms with Crippen LogP contribution in [-0.2, 0) is 4.79 Å². The molecule has 1 aromatic rings. The van der Waals surface area contributed by atoms with Crippen molar-refractivity contribution in [1.29, 1.82) is 0 Å². The Balaban J connectivity index is 2.60. The van der Waals surface area contributed by atoms with E-state index in [0.29, 0.717) is 16.9 Å². The highest BCUT2D eigenvalue weighted by molar-refractivity contribution is 7.99. The summed E-state index contributed by atoms with van der Waals surface area (Å²) in [7, 11) is 7.39. The summed E-state index contributed by atoms with van der Waals surface area (Å²) in [4.78, 5) is 15.0.